The topological polar surface area (TPSA) is 23.5 Å². The number of nitrogens with zero attached hydrogens (tertiary/aromatic N) is 1. The van der Waals surface area contributed by atoms with Crippen molar-refractivity contribution in [1.82, 2.24) is 0 Å². The van der Waals surface area contributed by atoms with Gasteiger partial charge in [0.25, 0.3) is 0 Å². The SMILES string of the molecule is CC(C)CCN(c1ccc([C@@H](C)O)c(Br)c1)C1CC1. The molecule has 0 unspecified atom stereocenters. The summed E-state index contributed by atoms with van der Waals surface area (Å²) >= 11 is 3.58. The highest BCUT2D eigenvalue weighted by Gasteiger charge is 2.29. The van der Waals surface area contributed by atoms with Crippen molar-refractivity contribution in [3.05, 3.63) is 28.2 Å². The minimum absolute atomic E-state index is 0.423. The zero-order valence-electron chi connectivity index (χ0n) is 12.1. The maximum atomic E-state index is 9.69. The zero-order chi connectivity index (χ0) is 14.0. The van der Waals surface area contributed by atoms with E-state index in [9.17, 15) is 5.11 Å². The lowest BCUT2D eigenvalue weighted by Crippen LogP contribution is -2.27. The lowest BCUT2D eigenvalue weighted by atomic mass is 10.1. The third-order valence-corrected chi connectivity index (χ3v) is 4.39. The fourth-order valence-corrected chi connectivity index (χ4v) is 3.04. The van der Waals surface area contributed by atoms with Gasteiger partial charge in [-0.1, -0.05) is 35.8 Å². The Morgan fingerprint density at radius 3 is 2.47 bits per heavy atom. The zero-order valence-corrected chi connectivity index (χ0v) is 13.7. The third kappa shape index (κ3) is 3.96. The summed E-state index contributed by atoms with van der Waals surface area (Å²) in [6, 6.07) is 7.06. The predicted octanol–water partition coefficient (Wildman–Crippen LogP) is 4.52. The summed E-state index contributed by atoms with van der Waals surface area (Å²) in [6.07, 6.45) is 3.43. The first-order valence-corrected chi connectivity index (χ1v) is 8.02. The van der Waals surface area contributed by atoms with E-state index in [0.29, 0.717) is 0 Å². The lowest BCUT2D eigenvalue weighted by Gasteiger charge is -2.26. The Kier molecular flexibility index (Phi) is 4.91. The van der Waals surface area contributed by atoms with Crippen LogP contribution in [0.15, 0.2) is 22.7 Å². The van der Waals surface area contributed by atoms with Crippen LogP contribution in [-0.2, 0) is 0 Å². The highest BCUT2D eigenvalue weighted by molar-refractivity contribution is 9.10. The molecule has 0 radical (unpaired) electrons. The number of anilines is 1. The van der Waals surface area contributed by atoms with Crippen LogP contribution in [0.5, 0.6) is 0 Å². The van der Waals surface area contributed by atoms with E-state index in [1.165, 1.54) is 24.9 Å². The fourth-order valence-electron chi connectivity index (χ4n) is 2.34. The van der Waals surface area contributed by atoms with E-state index in [1.807, 2.05) is 6.07 Å². The van der Waals surface area contributed by atoms with Crippen LogP contribution in [0.3, 0.4) is 0 Å². The Morgan fingerprint density at radius 1 is 1.32 bits per heavy atom. The van der Waals surface area contributed by atoms with E-state index in [-0.39, 0.29) is 0 Å². The molecule has 0 saturated heterocycles. The van der Waals surface area contributed by atoms with E-state index in [1.54, 1.807) is 6.92 Å². The average Bonchev–Trinajstić information content (AvgIpc) is 3.13. The predicted molar refractivity (Wildman–Crippen MR) is 84.6 cm³/mol. The second-order valence-corrected chi connectivity index (χ2v) is 6.84. The number of hydrogen-bond donors (Lipinski definition) is 1. The van der Waals surface area contributed by atoms with Crippen LogP contribution in [0.1, 0.15) is 51.7 Å². The second kappa shape index (κ2) is 6.27. The van der Waals surface area contributed by atoms with Gasteiger partial charge in [0.2, 0.25) is 0 Å². The largest absolute Gasteiger partial charge is 0.389 e. The van der Waals surface area contributed by atoms with Gasteiger partial charge in [0, 0.05) is 22.7 Å². The fraction of sp³-hybridized carbons (Fsp3) is 0.625. The molecular formula is C16H24BrNO. The Hall–Kier alpha value is -0.540. The molecule has 0 spiro atoms. The first-order chi connectivity index (χ1) is 8.99. The molecule has 1 aliphatic rings. The van der Waals surface area contributed by atoms with Crippen LogP contribution in [0.25, 0.3) is 0 Å². The van der Waals surface area contributed by atoms with Crippen LogP contribution in [0.2, 0.25) is 0 Å². The molecule has 1 fully saturated rings. The molecule has 0 aromatic heterocycles. The molecule has 1 atom stereocenters. The van der Waals surface area contributed by atoms with Gasteiger partial charge in [-0.2, -0.15) is 0 Å². The first-order valence-electron chi connectivity index (χ1n) is 7.23. The van der Waals surface area contributed by atoms with E-state index >= 15 is 0 Å². The Bertz CT molecular complexity index is 427. The van der Waals surface area contributed by atoms with Crippen LogP contribution in [0, 0.1) is 5.92 Å². The van der Waals surface area contributed by atoms with Gasteiger partial charge in [0.15, 0.2) is 0 Å². The Morgan fingerprint density at radius 2 is 2.00 bits per heavy atom. The van der Waals surface area contributed by atoms with Crippen molar-refractivity contribution >= 4 is 21.6 Å². The maximum Gasteiger partial charge on any atom is 0.0772 e. The lowest BCUT2D eigenvalue weighted by molar-refractivity contribution is 0.198. The summed E-state index contributed by atoms with van der Waals surface area (Å²) in [4.78, 5) is 2.52. The molecule has 1 saturated carbocycles. The number of rotatable bonds is 6. The van der Waals surface area contributed by atoms with E-state index in [4.69, 9.17) is 0 Å². The summed E-state index contributed by atoms with van der Waals surface area (Å²) in [6.45, 7) is 7.48. The van der Waals surface area contributed by atoms with Crippen LogP contribution in [-0.4, -0.2) is 17.7 Å². The van der Waals surface area contributed by atoms with Crippen molar-refractivity contribution in [3.8, 4) is 0 Å². The van der Waals surface area contributed by atoms with Crippen molar-refractivity contribution in [2.24, 2.45) is 5.92 Å². The number of benzene rings is 1. The van der Waals surface area contributed by atoms with Crippen molar-refractivity contribution in [3.63, 3.8) is 0 Å². The molecule has 19 heavy (non-hydrogen) atoms. The third-order valence-electron chi connectivity index (χ3n) is 3.70. The van der Waals surface area contributed by atoms with Gasteiger partial charge in [-0.15, -0.1) is 0 Å². The molecule has 0 aliphatic heterocycles. The normalized spacial score (nSPS) is 16.7. The highest BCUT2D eigenvalue weighted by atomic mass is 79.9. The van der Waals surface area contributed by atoms with Gasteiger partial charge in [0.1, 0.15) is 0 Å². The van der Waals surface area contributed by atoms with Crippen LogP contribution < -0.4 is 4.90 Å². The number of aliphatic hydroxyl groups excluding tert-OH is 1. The molecule has 0 amide bonds. The molecule has 2 nitrogen and oxygen atoms in total. The van der Waals surface area contributed by atoms with Crippen LogP contribution in [0.4, 0.5) is 5.69 Å². The molecule has 106 valence electrons. The summed E-state index contributed by atoms with van der Waals surface area (Å²) in [5.41, 5.74) is 2.24. The standard InChI is InChI=1S/C16H24BrNO/c1-11(2)8-9-18(13-4-5-13)14-6-7-15(12(3)19)16(17)10-14/h6-7,10-13,19H,4-5,8-9H2,1-3H3/t12-/m1/s1. The summed E-state index contributed by atoms with van der Waals surface area (Å²) in [7, 11) is 0. The number of aliphatic hydroxyl groups is 1. The van der Waals surface area contributed by atoms with Crippen molar-refractivity contribution < 1.29 is 5.11 Å². The maximum absolute atomic E-state index is 9.69. The molecule has 1 aromatic rings. The Balaban J connectivity index is 2.15. The average molecular weight is 326 g/mol. The molecule has 0 bridgehead atoms. The van der Waals surface area contributed by atoms with Crippen LogP contribution >= 0.6 is 15.9 Å². The number of halogens is 1. The molecule has 1 aliphatic carbocycles. The van der Waals surface area contributed by atoms with Crippen molar-refractivity contribution in [2.45, 2.75) is 52.2 Å². The summed E-state index contributed by atoms with van der Waals surface area (Å²) in [5.74, 6) is 0.737. The summed E-state index contributed by atoms with van der Waals surface area (Å²) < 4.78 is 1.01. The van der Waals surface area contributed by atoms with Crippen molar-refractivity contribution in [2.75, 3.05) is 11.4 Å². The Labute approximate surface area is 124 Å². The summed E-state index contributed by atoms with van der Waals surface area (Å²) in [5, 5.41) is 9.69. The van der Waals surface area contributed by atoms with Gasteiger partial charge < -0.3 is 10.0 Å². The molecule has 1 aromatic carbocycles. The molecule has 2 rings (SSSR count). The smallest absolute Gasteiger partial charge is 0.0772 e. The van der Waals surface area contributed by atoms with Crippen molar-refractivity contribution in [1.29, 1.82) is 0 Å². The molecule has 0 heterocycles. The monoisotopic (exact) mass is 325 g/mol. The van der Waals surface area contributed by atoms with Gasteiger partial charge in [-0.25, -0.2) is 0 Å². The second-order valence-electron chi connectivity index (χ2n) is 5.99. The minimum atomic E-state index is -0.423. The quantitative estimate of drug-likeness (QED) is 0.831. The molecule has 3 heteroatoms. The van der Waals surface area contributed by atoms with Gasteiger partial charge in [-0.3, -0.25) is 0 Å². The van der Waals surface area contributed by atoms with E-state index < -0.39 is 6.10 Å². The van der Waals surface area contributed by atoms with Gasteiger partial charge in [0.05, 0.1) is 6.10 Å². The first kappa shape index (κ1) is 14.9. The molecular weight excluding hydrogens is 302 g/mol. The van der Waals surface area contributed by atoms with E-state index in [0.717, 1.165) is 28.5 Å². The van der Waals surface area contributed by atoms with Gasteiger partial charge in [-0.05, 0) is 49.8 Å². The molecule has 1 N–H and O–H groups in total. The van der Waals surface area contributed by atoms with Gasteiger partial charge >= 0.3 is 0 Å². The number of hydrogen-bond acceptors (Lipinski definition) is 2. The van der Waals surface area contributed by atoms with E-state index in [2.05, 4.69) is 46.8 Å². The highest BCUT2D eigenvalue weighted by Crippen LogP contribution is 2.35. The minimum Gasteiger partial charge on any atom is -0.389 e.